The van der Waals surface area contributed by atoms with E-state index >= 15 is 0 Å². The number of fused-ring (bicyclic) bond motifs is 1. The van der Waals surface area contributed by atoms with Crippen LogP contribution in [0.3, 0.4) is 0 Å². The van der Waals surface area contributed by atoms with E-state index in [0.717, 1.165) is 10.5 Å². The average Bonchev–Trinajstić information content (AvgIpc) is 2.63. The molecule has 0 aromatic heterocycles. The molecule has 1 aliphatic rings. The van der Waals surface area contributed by atoms with E-state index in [-0.39, 0.29) is 11.0 Å². The third-order valence-electron chi connectivity index (χ3n) is 3.06. The Morgan fingerprint density at radius 3 is 2.53 bits per heavy atom. The van der Waals surface area contributed by atoms with Crippen molar-refractivity contribution in [3.63, 3.8) is 0 Å². The number of hydrogen-bond acceptors (Lipinski definition) is 3. The third kappa shape index (κ3) is 2.40. The number of thioether (sulfide) groups is 1. The Morgan fingerprint density at radius 1 is 1.05 bits per heavy atom. The van der Waals surface area contributed by atoms with E-state index in [2.05, 4.69) is 0 Å². The number of benzene rings is 2. The maximum atomic E-state index is 12.1. The highest BCUT2D eigenvalue weighted by Gasteiger charge is 2.36. The largest absolute Gasteiger partial charge is 0.224 e. The zero-order chi connectivity index (χ0) is 13.5. The Balaban J connectivity index is 2.03. The molecule has 5 heteroatoms. The van der Waals surface area contributed by atoms with Gasteiger partial charge in [-0.2, -0.15) is 0 Å². The lowest BCUT2D eigenvalue weighted by Gasteiger charge is -2.10. The van der Waals surface area contributed by atoms with Gasteiger partial charge in [-0.25, -0.2) is 8.42 Å². The van der Waals surface area contributed by atoms with Crippen LogP contribution in [-0.4, -0.2) is 14.2 Å². The van der Waals surface area contributed by atoms with Crippen LogP contribution in [0.4, 0.5) is 0 Å². The molecule has 1 aliphatic heterocycles. The van der Waals surface area contributed by atoms with Crippen molar-refractivity contribution in [2.45, 2.75) is 15.0 Å². The SMILES string of the molecule is O=S1(=O)CC(Sc2ccccc2)c2c(Cl)cccc21. The van der Waals surface area contributed by atoms with Crippen LogP contribution in [0.1, 0.15) is 10.8 Å². The predicted molar refractivity (Wildman–Crippen MR) is 78.5 cm³/mol. The average molecular weight is 311 g/mol. The van der Waals surface area contributed by atoms with Gasteiger partial charge in [-0.1, -0.05) is 35.9 Å². The van der Waals surface area contributed by atoms with Crippen molar-refractivity contribution in [2.75, 3.05) is 5.75 Å². The first kappa shape index (κ1) is 13.0. The van der Waals surface area contributed by atoms with Crippen LogP contribution >= 0.6 is 23.4 Å². The number of hydrogen-bond donors (Lipinski definition) is 0. The van der Waals surface area contributed by atoms with Crippen molar-refractivity contribution in [3.8, 4) is 0 Å². The van der Waals surface area contributed by atoms with Crippen molar-refractivity contribution in [2.24, 2.45) is 0 Å². The summed E-state index contributed by atoms with van der Waals surface area (Å²) in [6.07, 6.45) is 0. The van der Waals surface area contributed by atoms with Gasteiger partial charge < -0.3 is 0 Å². The second-order valence-corrected chi connectivity index (χ2v) is 8.04. The lowest BCUT2D eigenvalue weighted by Crippen LogP contribution is -2.00. The Hall–Kier alpha value is -0.970. The van der Waals surface area contributed by atoms with Crippen molar-refractivity contribution in [3.05, 3.63) is 59.1 Å². The van der Waals surface area contributed by atoms with Gasteiger partial charge in [0.25, 0.3) is 0 Å². The summed E-state index contributed by atoms with van der Waals surface area (Å²) < 4.78 is 24.3. The van der Waals surface area contributed by atoms with E-state index in [1.54, 1.807) is 30.0 Å². The van der Waals surface area contributed by atoms with Gasteiger partial charge in [0.2, 0.25) is 0 Å². The molecule has 98 valence electrons. The van der Waals surface area contributed by atoms with E-state index < -0.39 is 9.84 Å². The lowest BCUT2D eigenvalue weighted by molar-refractivity contribution is 0.600. The summed E-state index contributed by atoms with van der Waals surface area (Å²) in [5, 5.41) is 0.406. The third-order valence-corrected chi connectivity index (χ3v) is 6.63. The Kier molecular flexibility index (Phi) is 3.33. The van der Waals surface area contributed by atoms with Crippen molar-refractivity contribution in [1.82, 2.24) is 0 Å². The molecule has 1 heterocycles. The topological polar surface area (TPSA) is 34.1 Å². The van der Waals surface area contributed by atoms with Crippen molar-refractivity contribution >= 4 is 33.2 Å². The summed E-state index contributed by atoms with van der Waals surface area (Å²) >= 11 is 7.73. The van der Waals surface area contributed by atoms with Crippen LogP contribution in [0.15, 0.2) is 58.3 Å². The van der Waals surface area contributed by atoms with Crippen LogP contribution in [0.5, 0.6) is 0 Å². The fourth-order valence-corrected chi connectivity index (χ4v) is 6.17. The number of halogens is 1. The highest BCUT2D eigenvalue weighted by atomic mass is 35.5. The molecule has 0 saturated heterocycles. The Labute approximate surface area is 121 Å². The van der Waals surface area contributed by atoms with Crippen LogP contribution < -0.4 is 0 Å². The minimum absolute atomic E-state index is 0.117. The standard InChI is InChI=1S/C14H11ClO2S2/c15-11-7-4-8-13-14(11)12(9-19(13,16)17)18-10-5-2-1-3-6-10/h1-8,12H,9H2. The predicted octanol–water partition coefficient (Wildman–Crippen LogP) is 3.96. The summed E-state index contributed by atoms with van der Waals surface area (Å²) in [6.45, 7) is 0. The minimum Gasteiger partial charge on any atom is -0.224 e. The summed E-state index contributed by atoms with van der Waals surface area (Å²) in [7, 11) is -3.20. The van der Waals surface area contributed by atoms with E-state index in [9.17, 15) is 8.42 Å². The molecule has 0 saturated carbocycles. The molecule has 2 aromatic carbocycles. The molecule has 0 fully saturated rings. The Bertz CT molecular complexity index is 711. The molecule has 1 atom stereocenters. The number of rotatable bonds is 2. The molecule has 0 radical (unpaired) electrons. The van der Waals surface area contributed by atoms with Gasteiger partial charge in [-0.05, 0) is 24.3 Å². The van der Waals surface area contributed by atoms with Gasteiger partial charge in [0.1, 0.15) is 0 Å². The highest BCUT2D eigenvalue weighted by Crippen LogP contribution is 2.47. The molecule has 1 unspecified atom stereocenters. The number of sulfone groups is 1. The quantitative estimate of drug-likeness (QED) is 0.842. The fourth-order valence-electron chi connectivity index (χ4n) is 2.23. The summed E-state index contributed by atoms with van der Waals surface area (Å²) in [5.41, 5.74) is 0.748. The van der Waals surface area contributed by atoms with Gasteiger partial charge in [0, 0.05) is 15.5 Å². The second-order valence-electron chi connectivity index (χ2n) is 4.35. The maximum Gasteiger partial charge on any atom is 0.180 e. The first-order chi connectivity index (χ1) is 9.08. The van der Waals surface area contributed by atoms with Crippen LogP contribution in [0, 0.1) is 0 Å². The summed E-state index contributed by atoms with van der Waals surface area (Å²) in [6, 6.07) is 14.9. The van der Waals surface area contributed by atoms with E-state index in [0.29, 0.717) is 9.92 Å². The van der Waals surface area contributed by atoms with E-state index in [1.165, 1.54) is 0 Å². The molecule has 0 bridgehead atoms. The zero-order valence-corrected chi connectivity index (χ0v) is 12.3. The normalized spacial score (nSPS) is 20.2. The van der Waals surface area contributed by atoms with Crippen molar-refractivity contribution in [1.29, 1.82) is 0 Å². The fraction of sp³-hybridized carbons (Fsp3) is 0.143. The second kappa shape index (κ2) is 4.85. The monoisotopic (exact) mass is 310 g/mol. The van der Waals surface area contributed by atoms with Crippen LogP contribution in [-0.2, 0) is 9.84 Å². The Morgan fingerprint density at radius 2 is 1.79 bits per heavy atom. The van der Waals surface area contributed by atoms with E-state index in [1.807, 2.05) is 30.3 Å². The molecule has 0 spiro atoms. The molecule has 2 nitrogen and oxygen atoms in total. The molecule has 0 aliphatic carbocycles. The lowest BCUT2D eigenvalue weighted by atomic mass is 10.2. The molecule has 2 aromatic rings. The van der Waals surface area contributed by atoms with Crippen LogP contribution in [0.25, 0.3) is 0 Å². The smallest absolute Gasteiger partial charge is 0.180 e. The van der Waals surface area contributed by atoms with Crippen molar-refractivity contribution < 1.29 is 8.42 Å². The molecule has 3 rings (SSSR count). The van der Waals surface area contributed by atoms with Gasteiger partial charge in [-0.3, -0.25) is 0 Å². The molecule has 19 heavy (non-hydrogen) atoms. The molecular formula is C14H11ClO2S2. The zero-order valence-electron chi connectivity index (χ0n) is 9.91. The maximum absolute atomic E-state index is 12.1. The summed E-state index contributed by atoms with van der Waals surface area (Å²) in [5.74, 6) is 0.117. The minimum atomic E-state index is -3.20. The van der Waals surface area contributed by atoms with Gasteiger partial charge >= 0.3 is 0 Å². The van der Waals surface area contributed by atoms with Gasteiger partial charge in [-0.15, -0.1) is 11.8 Å². The first-order valence-electron chi connectivity index (χ1n) is 5.81. The first-order valence-corrected chi connectivity index (χ1v) is 8.72. The van der Waals surface area contributed by atoms with Crippen LogP contribution in [0.2, 0.25) is 5.02 Å². The molecular weight excluding hydrogens is 300 g/mol. The molecule has 0 N–H and O–H groups in total. The van der Waals surface area contributed by atoms with Gasteiger partial charge in [0.15, 0.2) is 9.84 Å². The molecule has 0 amide bonds. The van der Waals surface area contributed by atoms with E-state index in [4.69, 9.17) is 11.6 Å². The highest BCUT2D eigenvalue weighted by molar-refractivity contribution is 8.01. The summed E-state index contributed by atoms with van der Waals surface area (Å²) in [4.78, 5) is 1.43. The van der Waals surface area contributed by atoms with Gasteiger partial charge in [0.05, 0.1) is 15.9 Å².